The summed E-state index contributed by atoms with van der Waals surface area (Å²) in [4.78, 5) is 6.94. The number of isothiocyanates is 1. The second-order valence-corrected chi connectivity index (χ2v) is 12.9. The topological polar surface area (TPSA) is 70.2 Å². The number of para-hydroxylation sites is 2. The van der Waals surface area contributed by atoms with E-state index in [0.29, 0.717) is 18.7 Å². The van der Waals surface area contributed by atoms with Gasteiger partial charge in [0.15, 0.2) is 17.6 Å². The molecular weight excluding hydrogens is 530 g/mol. The van der Waals surface area contributed by atoms with Gasteiger partial charge >= 0.3 is 0 Å². The van der Waals surface area contributed by atoms with E-state index in [4.69, 9.17) is 17.0 Å². The summed E-state index contributed by atoms with van der Waals surface area (Å²) in [7, 11) is 0. The molecule has 2 N–H and O–H groups in total. The number of benzene rings is 3. The number of fused-ring (bicyclic) bond motifs is 4. The zero-order chi connectivity index (χ0) is 27.5. The van der Waals surface area contributed by atoms with Crippen molar-refractivity contribution in [3.8, 4) is 11.5 Å². The van der Waals surface area contributed by atoms with E-state index in [-0.39, 0.29) is 11.8 Å². The summed E-state index contributed by atoms with van der Waals surface area (Å²) in [6, 6.07) is 20.4. The Balaban J connectivity index is 1.30. The predicted octanol–water partition coefficient (Wildman–Crippen LogP) is 5.83. The van der Waals surface area contributed by atoms with E-state index in [1.807, 2.05) is 18.2 Å². The monoisotopic (exact) mass is 561 g/mol. The van der Waals surface area contributed by atoms with Gasteiger partial charge in [-0.2, -0.15) is 4.99 Å². The minimum Gasteiger partial charge on any atom is -0.504 e. The fourth-order valence-corrected chi connectivity index (χ4v) is 9.04. The number of thiocarbonyl (C=S) groups is 1. The Morgan fingerprint density at radius 2 is 1.90 bits per heavy atom. The standard InChI is InChI=1S/C34H31N3O3S/c38-27-12-11-21-15-28-34(39)16-24-23-6-2-4-8-26(23)37(18-22-5-1-3-7-25(22)35-19-41)30(24)32-33(34,29(21)31(27)40-32)13-14-36(28)17-20-9-10-20/h1-8,11-12,20,28,32,38-39H,9-10,13-18H2/t28-,32+,33+,34-/m1/s1. The SMILES string of the molecule is Oc1ccc2c3c1O[C@H]1c4c(c5ccccc5n4Cc4ccccc4N=C=S)C[C@@]4(O)[C@@H](C2)N(CC2CC2)CC[C@]314. The van der Waals surface area contributed by atoms with Gasteiger partial charge in [0, 0.05) is 35.5 Å². The Morgan fingerprint density at radius 1 is 1.07 bits per heavy atom. The fourth-order valence-electron chi connectivity index (χ4n) is 8.95. The molecule has 2 bridgehead atoms. The van der Waals surface area contributed by atoms with Gasteiger partial charge in [0.25, 0.3) is 0 Å². The third-order valence-corrected chi connectivity index (χ3v) is 10.9. The summed E-state index contributed by atoms with van der Waals surface area (Å²) in [5.74, 6) is 1.48. The van der Waals surface area contributed by atoms with Crippen LogP contribution in [0.1, 0.15) is 53.3 Å². The highest BCUT2D eigenvalue weighted by molar-refractivity contribution is 7.78. The van der Waals surface area contributed by atoms with E-state index in [2.05, 4.69) is 56.0 Å². The molecule has 41 heavy (non-hydrogen) atoms. The number of nitrogens with zero attached hydrogens (tertiary/aromatic N) is 3. The minimum absolute atomic E-state index is 0.0128. The number of phenols is 1. The van der Waals surface area contributed by atoms with Crippen molar-refractivity contribution in [2.24, 2.45) is 10.9 Å². The number of aliphatic hydroxyl groups is 1. The second-order valence-electron chi connectivity index (χ2n) is 12.7. The molecule has 2 fully saturated rings. The van der Waals surface area contributed by atoms with Crippen molar-refractivity contribution in [2.45, 2.75) is 61.8 Å². The van der Waals surface area contributed by atoms with Gasteiger partial charge in [0.2, 0.25) is 0 Å². The normalized spacial score (nSPS) is 29.0. The molecular formula is C34H31N3O3S. The van der Waals surface area contributed by atoms with Crippen LogP contribution in [0.5, 0.6) is 11.5 Å². The molecule has 1 saturated carbocycles. The summed E-state index contributed by atoms with van der Waals surface area (Å²) in [6.45, 7) is 2.58. The lowest BCUT2D eigenvalue weighted by Crippen LogP contribution is -2.74. The average molecular weight is 562 g/mol. The van der Waals surface area contributed by atoms with Crippen LogP contribution in [0.4, 0.5) is 5.69 Å². The summed E-state index contributed by atoms with van der Waals surface area (Å²) in [5.41, 5.74) is 5.87. The Labute approximate surface area is 243 Å². The van der Waals surface area contributed by atoms with Crippen molar-refractivity contribution in [2.75, 3.05) is 13.1 Å². The minimum atomic E-state index is -1.00. The smallest absolute Gasteiger partial charge is 0.166 e. The number of aromatic hydroxyl groups is 1. The van der Waals surface area contributed by atoms with Gasteiger partial charge < -0.3 is 19.5 Å². The Bertz CT molecular complexity index is 1820. The Morgan fingerprint density at radius 3 is 2.76 bits per heavy atom. The van der Waals surface area contributed by atoms with E-state index >= 15 is 0 Å². The maximum atomic E-state index is 13.2. The molecule has 206 valence electrons. The zero-order valence-electron chi connectivity index (χ0n) is 22.7. The molecule has 1 aromatic heterocycles. The first kappa shape index (κ1) is 24.2. The van der Waals surface area contributed by atoms with E-state index < -0.39 is 17.1 Å². The van der Waals surface area contributed by atoms with Gasteiger partial charge in [-0.15, -0.1) is 0 Å². The first-order chi connectivity index (χ1) is 20.0. The summed E-state index contributed by atoms with van der Waals surface area (Å²) >= 11 is 4.96. The van der Waals surface area contributed by atoms with Crippen LogP contribution in [0.15, 0.2) is 65.7 Å². The van der Waals surface area contributed by atoms with Crippen molar-refractivity contribution in [3.63, 3.8) is 0 Å². The first-order valence-electron chi connectivity index (χ1n) is 14.8. The number of rotatable bonds is 5. The zero-order valence-corrected chi connectivity index (χ0v) is 23.5. The maximum absolute atomic E-state index is 13.2. The number of aliphatic imine (C=N–C) groups is 1. The van der Waals surface area contributed by atoms with Crippen molar-refractivity contribution in [1.82, 2.24) is 9.47 Å². The lowest BCUT2D eigenvalue weighted by molar-refractivity contribution is -0.173. The number of piperidine rings is 1. The van der Waals surface area contributed by atoms with Crippen LogP contribution in [0.3, 0.4) is 0 Å². The molecule has 3 aliphatic carbocycles. The van der Waals surface area contributed by atoms with Gasteiger partial charge in [-0.3, -0.25) is 4.90 Å². The lowest BCUT2D eigenvalue weighted by atomic mass is 9.49. The van der Waals surface area contributed by atoms with Crippen LogP contribution < -0.4 is 4.74 Å². The number of ether oxygens (including phenoxy) is 1. The molecule has 6 nitrogen and oxygen atoms in total. The fraction of sp³-hybridized carbons (Fsp3) is 0.382. The van der Waals surface area contributed by atoms with E-state index in [1.165, 1.54) is 18.4 Å². The molecule has 2 aliphatic heterocycles. The van der Waals surface area contributed by atoms with Gasteiger partial charge in [0.05, 0.1) is 34.1 Å². The largest absolute Gasteiger partial charge is 0.504 e. The molecule has 1 saturated heterocycles. The number of likely N-dealkylation sites (tertiary alicyclic amines) is 1. The molecule has 5 aliphatic rings. The molecule has 7 heteroatoms. The first-order valence-corrected chi connectivity index (χ1v) is 15.2. The molecule has 4 atom stereocenters. The van der Waals surface area contributed by atoms with Gasteiger partial charge in [-0.05, 0) is 85.3 Å². The quantitative estimate of drug-likeness (QED) is 0.237. The van der Waals surface area contributed by atoms with Crippen LogP contribution in [0.25, 0.3) is 10.9 Å². The van der Waals surface area contributed by atoms with E-state index in [9.17, 15) is 10.2 Å². The lowest BCUT2D eigenvalue weighted by Gasteiger charge is -2.63. The van der Waals surface area contributed by atoms with Gasteiger partial charge in [-0.1, -0.05) is 42.5 Å². The highest BCUT2D eigenvalue weighted by atomic mass is 32.1. The summed E-state index contributed by atoms with van der Waals surface area (Å²) in [6.07, 6.45) is 4.32. The van der Waals surface area contributed by atoms with Crippen LogP contribution in [-0.4, -0.2) is 49.6 Å². The highest BCUT2D eigenvalue weighted by Crippen LogP contribution is 2.69. The molecule has 0 unspecified atom stereocenters. The molecule has 0 amide bonds. The molecule has 3 aromatic carbocycles. The van der Waals surface area contributed by atoms with Crippen LogP contribution in [-0.2, 0) is 24.8 Å². The van der Waals surface area contributed by atoms with E-state index in [0.717, 1.165) is 70.8 Å². The highest BCUT2D eigenvalue weighted by Gasteiger charge is 2.73. The van der Waals surface area contributed by atoms with Crippen molar-refractivity contribution in [3.05, 3.63) is 88.6 Å². The Hall–Kier alpha value is -3.48. The number of phenolic OH excluding ortho intramolecular Hbond substituents is 1. The van der Waals surface area contributed by atoms with Crippen LogP contribution >= 0.6 is 12.2 Å². The van der Waals surface area contributed by atoms with Gasteiger partial charge in [0.1, 0.15) is 0 Å². The third-order valence-electron chi connectivity index (χ3n) is 10.8. The van der Waals surface area contributed by atoms with Gasteiger partial charge in [-0.25, -0.2) is 0 Å². The molecule has 4 aromatic rings. The molecule has 0 radical (unpaired) electrons. The maximum Gasteiger partial charge on any atom is 0.166 e. The number of hydrogen-bond acceptors (Lipinski definition) is 6. The average Bonchev–Trinajstić information content (AvgIpc) is 3.65. The predicted molar refractivity (Wildman–Crippen MR) is 160 cm³/mol. The number of aromatic nitrogens is 1. The third kappa shape index (κ3) is 3.05. The number of hydrogen-bond donors (Lipinski definition) is 2. The Kier molecular flexibility index (Phi) is 4.89. The summed E-state index contributed by atoms with van der Waals surface area (Å²) in [5, 5.41) is 28.0. The molecule has 9 rings (SSSR count). The van der Waals surface area contributed by atoms with Crippen molar-refractivity contribution >= 4 is 34.0 Å². The molecule has 3 heterocycles. The van der Waals surface area contributed by atoms with Crippen LogP contribution in [0, 0.1) is 5.92 Å². The second kappa shape index (κ2) is 8.30. The van der Waals surface area contributed by atoms with E-state index in [1.54, 1.807) is 6.07 Å². The van der Waals surface area contributed by atoms with Crippen molar-refractivity contribution in [1.29, 1.82) is 0 Å². The van der Waals surface area contributed by atoms with Crippen molar-refractivity contribution < 1.29 is 14.9 Å². The summed E-state index contributed by atoms with van der Waals surface area (Å²) < 4.78 is 9.28. The van der Waals surface area contributed by atoms with Crippen LogP contribution in [0.2, 0.25) is 0 Å². The molecule has 1 spiro atoms.